The lowest BCUT2D eigenvalue weighted by Gasteiger charge is -2.13. The lowest BCUT2D eigenvalue weighted by atomic mass is 10.1. The number of rotatable bonds is 5. The standard InChI is InChI=1S/C21H18N4O2/c1-27-20-11-6-14(21(22)26)12-18(20)24-15-7-9-16(10-8-15)25-13-23-17-4-2-3-5-19(17)25/h2-13,24H,1H3,(H2,22,26). The van der Waals surface area contributed by atoms with Crippen molar-refractivity contribution in [2.45, 2.75) is 0 Å². The van der Waals surface area contributed by atoms with E-state index in [4.69, 9.17) is 10.5 Å². The molecule has 0 aliphatic heterocycles. The fourth-order valence-electron chi connectivity index (χ4n) is 2.98. The Morgan fingerprint density at radius 2 is 1.85 bits per heavy atom. The molecule has 0 saturated heterocycles. The van der Waals surface area contributed by atoms with Gasteiger partial charge in [-0.3, -0.25) is 9.36 Å². The van der Waals surface area contributed by atoms with Gasteiger partial charge in [0.15, 0.2) is 0 Å². The first kappa shape index (κ1) is 16.7. The second-order valence-electron chi connectivity index (χ2n) is 6.05. The van der Waals surface area contributed by atoms with Crippen molar-refractivity contribution < 1.29 is 9.53 Å². The van der Waals surface area contributed by atoms with Crippen molar-refractivity contribution in [1.82, 2.24) is 9.55 Å². The number of primary amides is 1. The number of nitrogens with one attached hydrogen (secondary N) is 1. The molecule has 0 spiro atoms. The summed E-state index contributed by atoms with van der Waals surface area (Å²) in [4.78, 5) is 15.9. The molecule has 0 unspecified atom stereocenters. The lowest BCUT2D eigenvalue weighted by Crippen LogP contribution is -2.11. The van der Waals surface area contributed by atoms with E-state index in [0.29, 0.717) is 17.0 Å². The third-order valence-corrected chi connectivity index (χ3v) is 4.36. The summed E-state index contributed by atoms with van der Waals surface area (Å²) in [5, 5.41) is 3.27. The average molecular weight is 358 g/mol. The zero-order valence-electron chi connectivity index (χ0n) is 14.7. The molecule has 0 aliphatic rings. The maximum atomic E-state index is 11.4. The Labute approximate surface area is 156 Å². The summed E-state index contributed by atoms with van der Waals surface area (Å²) in [5.74, 6) is 0.146. The van der Waals surface area contributed by atoms with Crippen LogP contribution in [0.25, 0.3) is 16.7 Å². The number of carbonyl (C=O) groups excluding carboxylic acids is 1. The summed E-state index contributed by atoms with van der Waals surface area (Å²) in [6.45, 7) is 0. The monoisotopic (exact) mass is 358 g/mol. The topological polar surface area (TPSA) is 82.2 Å². The van der Waals surface area contributed by atoms with Gasteiger partial charge in [0.25, 0.3) is 0 Å². The zero-order valence-corrected chi connectivity index (χ0v) is 14.7. The van der Waals surface area contributed by atoms with E-state index in [0.717, 1.165) is 22.4 Å². The van der Waals surface area contributed by atoms with Crippen LogP contribution in [0.5, 0.6) is 5.75 Å². The number of hydrogen-bond acceptors (Lipinski definition) is 4. The van der Waals surface area contributed by atoms with Crippen LogP contribution >= 0.6 is 0 Å². The molecule has 1 amide bonds. The number of imidazole rings is 1. The number of para-hydroxylation sites is 2. The first-order valence-electron chi connectivity index (χ1n) is 8.43. The highest BCUT2D eigenvalue weighted by Gasteiger charge is 2.09. The molecule has 1 aromatic heterocycles. The third kappa shape index (κ3) is 3.20. The van der Waals surface area contributed by atoms with Gasteiger partial charge < -0.3 is 15.8 Å². The van der Waals surface area contributed by atoms with E-state index in [1.54, 1.807) is 25.3 Å². The largest absolute Gasteiger partial charge is 0.495 e. The number of ether oxygens (including phenoxy) is 1. The Balaban J connectivity index is 1.63. The van der Waals surface area contributed by atoms with E-state index in [1.807, 2.05) is 59.4 Å². The van der Waals surface area contributed by atoms with Gasteiger partial charge in [0.1, 0.15) is 12.1 Å². The number of anilines is 2. The van der Waals surface area contributed by atoms with Crippen LogP contribution in [0.1, 0.15) is 10.4 Å². The fraction of sp³-hybridized carbons (Fsp3) is 0.0476. The van der Waals surface area contributed by atoms with Crippen LogP contribution < -0.4 is 15.8 Å². The first-order valence-corrected chi connectivity index (χ1v) is 8.43. The number of carbonyl (C=O) groups is 1. The number of benzene rings is 3. The lowest BCUT2D eigenvalue weighted by molar-refractivity contribution is 0.100. The molecular formula is C21H18N4O2. The minimum absolute atomic E-state index is 0.416. The van der Waals surface area contributed by atoms with Crippen molar-refractivity contribution in [3.05, 3.63) is 78.6 Å². The van der Waals surface area contributed by atoms with E-state index >= 15 is 0 Å². The minimum atomic E-state index is -0.483. The normalized spacial score (nSPS) is 10.7. The van der Waals surface area contributed by atoms with Crippen LogP contribution in [0.2, 0.25) is 0 Å². The van der Waals surface area contributed by atoms with Crippen molar-refractivity contribution in [3.63, 3.8) is 0 Å². The molecule has 0 radical (unpaired) electrons. The molecule has 1 heterocycles. The van der Waals surface area contributed by atoms with Gasteiger partial charge in [-0.1, -0.05) is 12.1 Å². The van der Waals surface area contributed by atoms with E-state index < -0.39 is 5.91 Å². The number of hydrogen-bond donors (Lipinski definition) is 2. The number of aromatic nitrogens is 2. The van der Waals surface area contributed by atoms with Crippen LogP contribution in [0, 0.1) is 0 Å². The molecular weight excluding hydrogens is 340 g/mol. The Morgan fingerprint density at radius 1 is 1.07 bits per heavy atom. The van der Waals surface area contributed by atoms with Crippen LogP contribution in [-0.2, 0) is 0 Å². The summed E-state index contributed by atoms with van der Waals surface area (Å²) in [6.07, 6.45) is 1.81. The average Bonchev–Trinajstić information content (AvgIpc) is 3.12. The summed E-state index contributed by atoms with van der Waals surface area (Å²) < 4.78 is 7.39. The van der Waals surface area contributed by atoms with Crippen LogP contribution in [-0.4, -0.2) is 22.6 Å². The molecule has 0 fully saturated rings. The molecule has 0 bridgehead atoms. The summed E-state index contributed by atoms with van der Waals surface area (Å²) >= 11 is 0. The SMILES string of the molecule is COc1ccc(C(N)=O)cc1Nc1ccc(-n2cnc3ccccc32)cc1. The molecule has 3 N–H and O–H groups in total. The van der Waals surface area contributed by atoms with E-state index in [2.05, 4.69) is 10.3 Å². The summed E-state index contributed by atoms with van der Waals surface area (Å²) in [7, 11) is 1.58. The van der Waals surface area contributed by atoms with Crippen molar-refractivity contribution >= 4 is 28.3 Å². The van der Waals surface area contributed by atoms with Crippen LogP contribution in [0.15, 0.2) is 73.1 Å². The second kappa shape index (κ2) is 6.84. The molecule has 134 valence electrons. The van der Waals surface area contributed by atoms with Crippen molar-refractivity contribution in [1.29, 1.82) is 0 Å². The van der Waals surface area contributed by atoms with Crippen molar-refractivity contribution in [2.75, 3.05) is 12.4 Å². The molecule has 4 aromatic rings. The Morgan fingerprint density at radius 3 is 2.59 bits per heavy atom. The Hall–Kier alpha value is -3.80. The number of nitrogens with zero attached hydrogens (tertiary/aromatic N) is 2. The van der Waals surface area contributed by atoms with Gasteiger partial charge >= 0.3 is 0 Å². The highest BCUT2D eigenvalue weighted by molar-refractivity contribution is 5.94. The fourth-order valence-corrected chi connectivity index (χ4v) is 2.98. The van der Waals surface area contributed by atoms with E-state index in [1.165, 1.54) is 0 Å². The van der Waals surface area contributed by atoms with Gasteiger partial charge in [0.2, 0.25) is 5.91 Å². The second-order valence-corrected chi connectivity index (χ2v) is 6.05. The van der Waals surface area contributed by atoms with Crippen LogP contribution in [0.4, 0.5) is 11.4 Å². The van der Waals surface area contributed by atoms with Gasteiger partial charge in [-0.15, -0.1) is 0 Å². The number of methoxy groups -OCH3 is 1. The smallest absolute Gasteiger partial charge is 0.248 e. The molecule has 0 saturated carbocycles. The van der Waals surface area contributed by atoms with Crippen molar-refractivity contribution in [2.24, 2.45) is 5.73 Å². The molecule has 27 heavy (non-hydrogen) atoms. The first-order chi connectivity index (χ1) is 13.2. The van der Waals surface area contributed by atoms with Gasteiger partial charge in [-0.05, 0) is 54.6 Å². The van der Waals surface area contributed by atoms with E-state index in [-0.39, 0.29) is 0 Å². The highest BCUT2D eigenvalue weighted by Crippen LogP contribution is 2.29. The minimum Gasteiger partial charge on any atom is -0.495 e. The van der Waals surface area contributed by atoms with Gasteiger partial charge in [-0.2, -0.15) is 0 Å². The Kier molecular flexibility index (Phi) is 4.22. The number of nitrogens with two attached hydrogens (primary N) is 1. The molecule has 6 heteroatoms. The summed E-state index contributed by atoms with van der Waals surface area (Å²) in [5.41, 5.74) is 10.3. The molecule has 0 aliphatic carbocycles. The molecule has 0 atom stereocenters. The molecule has 3 aromatic carbocycles. The predicted molar refractivity (Wildman–Crippen MR) is 106 cm³/mol. The maximum Gasteiger partial charge on any atom is 0.248 e. The zero-order chi connectivity index (χ0) is 18.8. The maximum absolute atomic E-state index is 11.4. The number of fused-ring (bicyclic) bond motifs is 1. The third-order valence-electron chi connectivity index (χ3n) is 4.36. The summed E-state index contributed by atoms with van der Waals surface area (Å²) in [6, 6.07) is 20.9. The van der Waals surface area contributed by atoms with Gasteiger partial charge in [0, 0.05) is 16.9 Å². The van der Waals surface area contributed by atoms with Gasteiger partial charge in [-0.25, -0.2) is 4.98 Å². The predicted octanol–water partition coefficient (Wildman–Crippen LogP) is 3.88. The van der Waals surface area contributed by atoms with E-state index in [9.17, 15) is 4.79 Å². The Bertz CT molecular complexity index is 1120. The highest BCUT2D eigenvalue weighted by atomic mass is 16.5. The number of amides is 1. The molecule has 6 nitrogen and oxygen atoms in total. The van der Waals surface area contributed by atoms with Crippen molar-refractivity contribution in [3.8, 4) is 11.4 Å². The van der Waals surface area contributed by atoms with Gasteiger partial charge in [0.05, 0.1) is 23.8 Å². The quantitative estimate of drug-likeness (QED) is 0.567. The molecule has 4 rings (SSSR count). The van der Waals surface area contributed by atoms with Crippen LogP contribution in [0.3, 0.4) is 0 Å².